The normalized spacial score (nSPS) is 12.0. The van der Waals surface area contributed by atoms with Crippen LogP contribution < -0.4 is 5.32 Å². The first-order valence-electron chi connectivity index (χ1n) is 7.33. The monoisotopic (exact) mass is 350 g/mol. The van der Waals surface area contributed by atoms with Crippen molar-refractivity contribution in [3.63, 3.8) is 0 Å². The summed E-state index contributed by atoms with van der Waals surface area (Å²) >= 11 is 5.91. The highest BCUT2D eigenvalue weighted by Gasteiger charge is 2.20. The van der Waals surface area contributed by atoms with Crippen molar-refractivity contribution in [1.29, 1.82) is 0 Å². The lowest BCUT2D eigenvalue weighted by molar-refractivity contribution is -0.148. The Balaban J connectivity index is 2.23. The zero-order valence-electron chi connectivity index (χ0n) is 13.7. The van der Waals surface area contributed by atoms with Crippen LogP contribution in [0.2, 0.25) is 5.02 Å². The molecule has 1 atom stereocenters. The highest BCUT2D eigenvalue weighted by Crippen LogP contribution is 2.22. The molecule has 0 aliphatic heterocycles. The molecule has 6 nitrogen and oxygen atoms in total. The molecular weight excluding hydrogens is 332 g/mol. The largest absolute Gasteiger partial charge is 0.479 e. The topological polar surface area (TPSA) is 80.6 Å². The number of aryl methyl sites for hydroxylation is 1. The second-order valence-electron chi connectivity index (χ2n) is 5.37. The summed E-state index contributed by atoms with van der Waals surface area (Å²) in [6, 6.07) is 9.07. The number of ether oxygens (including phenoxy) is 1. The third kappa shape index (κ3) is 3.77. The smallest absolute Gasteiger partial charge is 0.334 e. The van der Waals surface area contributed by atoms with Crippen molar-refractivity contribution in [2.24, 2.45) is 0 Å². The lowest BCUT2D eigenvalue weighted by Crippen LogP contribution is -2.37. The van der Waals surface area contributed by atoms with Crippen molar-refractivity contribution >= 4 is 23.5 Å². The molecule has 0 spiro atoms. The number of methoxy groups -OCH3 is 1. The molecule has 2 N–H and O–H groups in total. The molecule has 0 saturated carbocycles. The second kappa shape index (κ2) is 7.51. The lowest BCUT2D eigenvalue weighted by Gasteiger charge is -2.12. The van der Waals surface area contributed by atoms with Gasteiger partial charge in [0, 0.05) is 29.2 Å². The predicted molar refractivity (Wildman–Crippen MR) is 91.0 cm³/mol. The third-order valence-electron chi connectivity index (χ3n) is 3.77. The Morgan fingerprint density at radius 2 is 1.92 bits per heavy atom. The number of aromatic nitrogens is 1. The van der Waals surface area contributed by atoms with E-state index in [2.05, 4.69) is 5.32 Å². The molecule has 128 valence electrons. The van der Waals surface area contributed by atoms with E-state index >= 15 is 0 Å². The van der Waals surface area contributed by atoms with Gasteiger partial charge in [-0.25, -0.2) is 4.79 Å². The molecule has 0 aliphatic rings. The van der Waals surface area contributed by atoms with Gasteiger partial charge in [-0.15, -0.1) is 0 Å². The number of carbonyl (C=O) groups is 2. The number of carboxylic acid groups (broad SMARTS) is 1. The average Bonchev–Trinajstić information content (AvgIpc) is 2.83. The van der Waals surface area contributed by atoms with Gasteiger partial charge in [0.15, 0.2) is 6.10 Å². The number of nitrogens with zero attached hydrogens (tertiary/aromatic N) is 1. The zero-order chi connectivity index (χ0) is 17.9. The Morgan fingerprint density at radius 3 is 2.46 bits per heavy atom. The van der Waals surface area contributed by atoms with Crippen molar-refractivity contribution in [2.45, 2.75) is 20.0 Å². The summed E-state index contributed by atoms with van der Waals surface area (Å²) in [6.07, 6.45) is -1.08. The predicted octanol–water partition coefficient (Wildman–Crippen LogP) is 2.58. The van der Waals surface area contributed by atoms with E-state index in [1.54, 1.807) is 18.2 Å². The lowest BCUT2D eigenvalue weighted by atomic mass is 10.2. The summed E-state index contributed by atoms with van der Waals surface area (Å²) in [5.41, 5.74) is 3.04. The Kier molecular flexibility index (Phi) is 5.64. The summed E-state index contributed by atoms with van der Waals surface area (Å²) in [4.78, 5) is 23.3. The molecule has 1 heterocycles. The van der Waals surface area contributed by atoms with Crippen molar-refractivity contribution in [3.05, 3.63) is 52.3 Å². The van der Waals surface area contributed by atoms with Crippen LogP contribution in [-0.4, -0.2) is 41.3 Å². The quantitative estimate of drug-likeness (QED) is 0.839. The SMILES string of the molecule is COC(CNC(=O)c1cc(C)n(-c2ccc(Cl)cc2)c1C)C(=O)O. The number of carboxylic acids is 1. The van der Waals surface area contributed by atoms with E-state index in [9.17, 15) is 9.59 Å². The minimum Gasteiger partial charge on any atom is -0.479 e. The summed E-state index contributed by atoms with van der Waals surface area (Å²) < 4.78 is 6.75. The number of amides is 1. The van der Waals surface area contributed by atoms with Gasteiger partial charge in [0.25, 0.3) is 5.91 Å². The fourth-order valence-corrected chi connectivity index (χ4v) is 2.66. The molecule has 1 aromatic carbocycles. The Labute approximate surface area is 145 Å². The van der Waals surface area contributed by atoms with Crippen LogP contribution in [0.1, 0.15) is 21.7 Å². The Hall–Kier alpha value is -2.31. The Bertz CT molecular complexity index is 753. The van der Waals surface area contributed by atoms with Gasteiger partial charge in [-0.05, 0) is 44.2 Å². The van der Waals surface area contributed by atoms with Gasteiger partial charge in [-0.3, -0.25) is 4.79 Å². The summed E-state index contributed by atoms with van der Waals surface area (Å²) in [5.74, 6) is -1.46. The molecule has 0 saturated heterocycles. The standard InChI is InChI=1S/C17H19ClN2O4/c1-10-8-14(16(21)19-9-15(24-3)17(22)23)11(2)20(10)13-6-4-12(18)5-7-13/h4-8,15H,9H2,1-3H3,(H,19,21)(H,22,23). The minimum atomic E-state index is -1.12. The van der Waals surface area contributed by atoms with E-state index < -0.39 is 12.1 Å². The molecule has 24 heavy (non-hydrogen) atoms. The molecule has 1 aromatic heterocycles. The van der Waals surface area contributed by atoms with E-state index in [0.717, 1.165) is 17.1 Å². The molecule has 1 unspecified atom stereocenters. The minimum absolute atomic E-state index is 0.102. The van der Waals surface area contributed by atoms with Crippen molar-refractivity contribution < 1.29 is 19.4 Å². The third-order valence-corrected chi connectivity index (χ3v) is 4.02. The van der Waals surface area contributed by atoms with Crippen molar-refractivity contribution in [1.82, 2.24) is 9.88 Å². The number of hydrogen-bond acceptors (Lipinski definition) is 3. The number of halogens is 1. The van der Waals surface area contributed by atoms with Crippen molar-refractivity contribution in [3.8, 4) is 5.69 Å². The zero-order valence-corrected chi connectivity index (χ0v) is 14.4. The van der Waals surface area contributed by atoms with E-state index in [-0.39, 0.29) is 12.5 Å². The van der Waals surface area contributed by atoms with Gasteiger partial charge in [-0.2, -0.15) is 0 Å². The van der Waals surface area contributed by atoms with Crippen LogP contribution >= 0.6 is 11.6 Å². The molecule has 1 amide bonds. The number of hydrogen-bond donors (Lipinski definition) is 2. The van der Waals surface area contributed by atoms with E-state index in [1.807, 2.05) is 30.5 Å². The van der Waals surface area contributed by atoms with E-state index in [0.29, 0.717) is 10.6 Å². The van der Waals surface area contributed by atoms with Gasteiger partial charge in [-0.1, -0.05) is 11.6 Å². The van der Waals surface area contributed by atoms with Crippen LogP contribution in [-0.2, 0) is 9.53 Å². The summed E-state index contributed by atoms with van der Waals surface area (Å²) in [6.45, 7) is 3.63. The first-order valence-corrected chi connectivity index (χ1v) is 7.71. The number of benzene rings is 1. The average molecular weight is 351 g/mol. The molecule has 2 rings (SSSR count). The molecule has 2 aromatic rings. The van der Waals surface area contributed by atoms with Crippen LogP contribution in [0.5, 0.6) is 0 Å². The van der Waals surface area contributed by atoms with Gasteiger partial charge < -0.3 is 19.7 Å². The van der Waals surface area contributed by atoms with Gasteiger partial charge >= 0.3 is 5.97 Å². The first kappa shape index (κ1) is 18.0. The number of aliphatic carboxylic acids is 1. The highest BCUT2D eigenvalue weighted by atomic mass is 35.5. The molecule has 0 aliphatic carbocycles. The van der Waals surface area contributed by atoms with Crippen molar-refractivity contribution in [2.75, 3.05) is 13.7 Å². The van der Waals surface area contributed by atoms with Crippen LogP contribution in [0.25, 0.3) is 5.69 Å². The summed E-state index contributed by atoms with van der Waals surface area (Å²) in [5, 5.41) is 12.2. The van der Waals surface area contributed by atoms with Gasteiger partial charge in [0.05, 0.1) is 12.1 Å². The molecule has 0 radical (unpaired) electrons. The summed E-state index contributed by atoms with van der Waals surface area (Å²) in [7, 11) is 1.29. The fourth-order valence-electron chi connectivity index (χ4n) is 2.53. The first-order chi connectivity index (χ1) is 11.3. The van der Waals surface area contributed by atoms with E-state index in [4.69, 9.17) is 21.4 Å². The van der Waals surface area contributed by atoms with Gasteiger partial charge in [0.1, 0.15) is 0 Å². The van der Waals surface area contributed by atoms with Crippen LogP contribution in [0.4, 0.5) is 0 Å². The highest BCUT2D eigenvalue weighted by molar-refractivity contribution is 6.30. The second-order valence-corrected chi connectivity index (χ2v) is 5.81. The number of carbonyl (C=O) groups excluding carboxylic acids is 1. The number of rotatable bonds is 6. The molecule has 7 heteroatoms. The van der Waals surface area contributed by atoms with Crippen LogP contribution in [0, 0.1) is 13.8 Å². The Morgan fingerprint density at radius 1 is 1.29 bits per heavy atom. The molecular formula is C17H19ClN2O4. The molecule has 0 fully saturated rings. The maximum atomic E-state index is 12.4. The van der Waals surface area contributed by atoms with Crippen LogP contribution in [0.3, 0.4) is 0 Å². The number of nitrogens with one attached hydrogen (secondary N) is 1. The maximum Gasteiger partial charge on any atom is 0.334 e. The van der Waals surface area contributed by atoms with Gasteiger partial charge in [0.2, 0.25) is 0 Å². The maximum absolute atomic E-state index is 12.4. The van der Waals surface area contributed by atoms with Crippen LogP contribution in [0.15, 0.2) is 30.3 Å². The van der Waals surface area contributed by atoms with E-state index in [1.165, 1.54) is 7.11 Å². The molecule has 0 bridgehead atoms. The fraction of sp³-hybridized carbons (Fsp3) is 0.294.